The lowest BCUT2D eigenvalue weighted by atomic mass is 10.2. The number of nitrogens with zero attached hydrogens (tertiary/aromatic N) is 1. The van der Waals surface area contributed by atoms with E-state index in [0.717, 1.165) is 3.79 Å². The van der Waals surface area contributed by atoms with Crippen molar-refractivity contribution in [2.24, 2.45) is 0 Å². The van der Waals surface area contributed by atoms with Gasteiger partial charge in [0.05, 0.1) is 7.57 Å². The summed E-state index contributed by atoms with van der Waals surface area (Å²) < 4.78 is 28.4. The molecule has 1 aliphatic heterocycles. The summed E-state index contributed by atoms with van der Waals surface area (Å²) in [7, 11) is -3.44. The van der Waals surface area contributed by atoms with Crippen LogP contribution >= 0.6 is 43.2 Å². The highest BCUT2D eigenvalue weighted by molar-refractivity contribution is 9.12. The third kappa shape index (κ3) is 2.69. The minimum absolute atomic E-state index is 0.0377. The number of rotatable bonds is 2. The smallest absolute Gasteiger partial charge is 0.245 e. The van der Waals surface area contributed by atoms with Crippen LogP contribution < -0.4 is 5.32 Å². The number of hydrogen-bond donors (Lipinski definition) is 1. The van der Waals surface area contributed by atoms with Gasteiger partial charge in [0.2, 0.25) is 10.0 Å². The van der Waals surface area contributed by atoms with Gasteiger partial charge in [-0.3, -0.25) is 0 Å². The third-order valence-corrected chi connectivity index (χ3v) is 7.81. The van der Waals surface area contributed by atoms with Gasteiger partial charge in [-0.15, -0.1) is 11.3 Å². The molecule has 0 bridgehead atoms. The summed E-state index contributed by atoms with van der Waals surface area (Å²) in [6, 6.07) is 1.58. The Balaban J connectivity index is 2.44. The molecule has 0 radical (unpaired) electrons. The standard InChI is InChI=1S/C10H14Br2N2O2S2/c1-6-4-13-5-7(2)14(6)18(15,16)8-3-9(11)17-10(8)12/h3,6-7,13H,4-5H2,1-2H3. The van der Waals surface area contributed by atoms with Crippen LogP contribution in [-0.4, -0.2) is 37.9 Å². The molecule has 4 nitrogen and oxygen atoms in total. The molecular weight excluding hydrogens is 404 g/mol. The Morgan fingerprint density at radius 2 is 1.89 bits per heavy atom. The second-order valence-corrected chi connectivity index (χ2v) is 9.94. The van der Waals surface area contributed by atoms with Crippen LogP contribution in [0.2, 0.25) is 0 Å². The van der Waals surface area contributed by atoms with Crippen molar-refractivity contribution in [3.05, 3.63) is 13.6 Å². The molecule has 2 rings (SSSR count). The van der Waals surface area contributed by atoms with Crippen molar-refractivity contribution in [3.63, 3.8) is 0 Å². The van der Waals surface area contributed by atoms with Gasteiger partial charge in [0, 0.05) is 25.2 Å². The zero-order valence-electron chi connectivity index (χ0n) is 9.98. The molecule has 0 saturated carbocycles. The molecule has 2 atom stereocenters. The summed E-state index contributed by atoms with van der Waals surface area (Å²) in [6.45, 7) is 5.23. The van der Waals surface area contributed by atoms with Crippen molar-refractivity contribution in [1.82, 2.24) is 9.62 Å². The van der Waals surface area contributed by atoms with E-state index < -0.39 is 10.0 Å². The molecule has 1 aliphatic rings. The van der Waals surface area contributed by atoms with Crippen molar-refractivity contribution >= 4 is 53.2 Å². The molecule has 1 fully saturated rings. The summed E-state index contributed by atoms with van der Waals surface area (Å²) in [5.41, 5.74) is 0. The summed E-state index contributed by atoms with van der Waals surface area (Å²) in [5.74, 6) is 0. The Kier molecular flexibility index (Phi) is 4.56. The van der Waals surface area contributed by atoms with E-state index in [1.807, 2.05) is 13.8 Å². The summed E-state index contributed by atoms with van der Waals surface area (Å²) in [5, 5.41) is 3.23. The predicted molar refractivity (Wildman–Crippen MR) is 80.5 cm³/mol. The summed E-state index contributed by atoms with van der Waals surface area (Å²) in [4.78, 5) is 0.347. The first-order valence-electron chi connectivity index (χ1n) is 5.53. The molecule has 1 aromatic heterocycles. The minimum Gasteiger partial charge on any atom is -0.314 e. The first-order chi connectivity index (χ1) is 8.34. The lowest BCUT2D eigenvalue weighted by Gasteiger charge is -2.38. The van der Waals surface area contributed by atoms with E-state index in [-0.39, 0.29) is 12.1 Å². The molecule has 0 spiro atoms. The van der Waals surface area contributed by atoms with Gasteiger partial charge in [-0.2, -0.15) is 4.31 Å². The maximum Gasteiger partial charge on any atom is 0.245 e. The zero-order chi connectivity index (χ0) is 13.5. The van der Waals surface area contributed by atoms with Crippen LogP contribution in [0.3, 0.4) is 0 Å². The Hall–Kier alpha value is 0.530. The number of nitrogens with one attached hydrogen (secondary N) is 1. The normalized spacial score (nSPS) is 26.4. The van der Waals surface area contributed by atoms with Gasteiger partial charge in [0.1, 0.15) is 4.90 Å². The average molecular weight is 418 g/mol. The highest BCUT2D eigenvalue weighted by Crippen LogP contribution is 2.37. The predicted octanol–water partition coefficient (Wildman–Crippen LogP) is 2.64. The fraction of sp³-hybridized carbons (Fsp3) is 0.600. The van der Waals surface area contributed by atoms with E-state index in [4.69, 9.17) is 0 Å². The van der Waals surface area contributed by atoms with Crippen LogP contribution in [0.25, 0.3) is 0 Å². The average Bonchev–Trinajstić information content (AvgIpc) is 2.57. The number of halogens is 2. The maximum absolute atomic E-state index is 12.7. The second kappa shape index (κ2) is 5.49. The van der Waals surface area contributed by atoms with Crippen molar-refractivity contribution < 1.29 is 8.42 Å². The quantitative estimate of drug-likeness (QED) is 0.804. The van der Waals surface area contributed by atoms with Crippen LogP contribution in [0.15, 0.2) is 18.5 Å². The maximum atomic E-state index is 12.7. The van der Waals surface area contributed by atoms with Gasteiger partial charge in [0.15, 0.2) is 0 Å². The van der Waals surface area contributed by atoms with Gasteiger partial charge in [-0.25, -0.2) is 8.42 Å². The molecule has 1 saturated heterocycles. The topological polar surface area (TPSA) is 49.4 Å². The monoisotopic (exact) mass is 416 g/mol. The molecule has 1 N–H and O–H groups in total. The van der Waals surface area contributed by atoms with Crippen LogP contribution in [0.1, 0.15) is 13.8 Å². The molecule has 2 unspecified atom stereocenters. The van der Waals surface area contributed by atoms with E-state index in [1.54, 1.807) is 10.4 Å². The van der Waals surface area contributed by atoms with Crippen molar-refractivity contribution in [1.29, 1.82) is 0 Å². The molecule has 0 aromatic carbocycles. The second-order valence-electron chi connectivity index (χ2n) is 4.38. The zero-order valence-corrected chi connectivity index (χ0v) is 14.8. The minimum atomic E-state index is -3.44. The first-order valence-corrected chi connectivity index (χ1v) is 9.37. The van der Waals surface area contributed by atoms with Crippen LogP contribution in [0.4, 0.5) is 0 Å². The van der Waals surface area contributed by atoms with Crippen LogP contribution in [0.5, 0.6) is 0 Å². The molecule has 102 valence electrons. The number of hydrogen-bond acceptors (Lipinski definition) is 4. The largest absolute Gasteiger partial charge is 0.314 e. The van der Waals surface area contributed by atoms with Gasteiger partial charge in [-0.1, -0.05) is 0 Å². The molecule has 1 aromatic rings. The number of piperazine rings is 1. The Bertz CT molecular complexity index is 534. The SMILES string of the molecule is CC1CNCC(C)N1S(=O)(=O)c1cc(Br)sc1Br. The van der Waals surface area contributed by atoms with E-state index >= 15 is 0 Å². The fourth-order valence-corrected chi connectivity index (χ4v) is 7.79. The lowest BCUT2D eigenvalue weighted by Crippen LogP contribution is -2.57. The van der Waals surface area contributed by atoms with E-state index in [2.05, 4.69) is 37.2 Å². The molecule has 2 heterocycles. The third-order valence-electron chi connectivity index (χ3n) is 2.93. The first kappa shape index (κ1) is 14.9. The summed E-state index contributed by atoms with van der Waals surface area (Å²) in [6.07, 6.45) is 0. The van der Waals surface area contributed by atoms with Gasteiger partial charge < -0.3 is 5.32 Å². The molecule has 0 amide bonds. The Labute approximate surface area is 128 Å². The number of sulfonamides is 1. The lowest BCUT2D eigenvalue weighted by molar-refractivity contribution is 0.220. The summed E-state index contributed by atoms with van der Waals surface area (Å²) >= 11 is 8.02. The van der Waals surface area contributed by atoms with E-state index in [0.29, 0.717) is 21.8 Å². The van der Waals surface area contributed by atoms with Gasteiger partial charge in [0.25, 0.3) is 0 Å². The van der Waals surface area contributed by atoms with Gasteiger partial charge in [-0.05, 0) is 51.8 Å². The van der Waals surface area contributed by atoms with Gasteiger partial charge >= 0.3 is 0 Å². The van der Waals surface area contributed by atoms with E-state index in [1.165, 1.54) is 11.3 Å². The van der Waals surface area contributed by atoms with Crippen molar-refractivity contribution in [2.45, 2.75) is 30.8 Å². The van der Waals surface area contributed by atoms with Crippen LogP contribution in [-0.2, 0) is 10.0 Å². The number of thiophene rings is 1. The molecule has 8 heteroatoms. The highest BCUT2D eigenvalue weighted by atomic mass is 79.9. The molecule has 18 heavy (non-hydrogen) atoms. The molecular formula is C10H14Br2N2O2S2. The Morgan fingerprint density at radius 3 is 2.33 bits per heavy atom. The van der Waals surface area contributed by atoms with Crippen molar-refractivity contribution in [2.75, 3.05) is 13.1 Å². The Morgan fingerprint density at radius 1 is 1.33 bits per heavy atom. The van der Waals surface area contributed by atoms with Crippen molar-refractivity contribution in [3.8, 4) is 0 Å². The molecule has 0 aliphatic carbocycles. The van der Waals surface area contributed by atoms with E-state index in [9.17, 15) is 8.42 Å². The van der Waals surface area contributed by atoms with Crippen LogP contribution in [0, 0.1) is 0 Å². The fourth-order valence-electron chi connectivity index (χ4n) is 2.20. The highest BCUT2D eigenvalue weighted by Gasteiger charge is 2.37.